The Balaban J connectivity index is 2.43. The molecule has 90 valence electrons. The Morgan fingerprint density at radius 2 is 2.06 bits per heavy atom. The Morgan fingerprint density at radius 3 is 2.71 bits per heavy atom. The number of aryl methyl sites for hydroxylation is 2. The molecule has 1 fully saturated rings. The molecule has 1 aromatic heterocycles. The van der Waals surface area contributed by atoms with Crippen LogP contribution in [0.3, 0.4) is 0 Å². The van der Waals surface area contributed by atoms with Crippen LogP contribution >= 0.6 is 0 Å². The fourth-order valence-electron chi connectivity index (χ4n) is 2.01. The lowest BCUT2D eigenvalue weighted by atomic mass is 10.1. The number of anilines is 1. The molecule has 17 heavy (non-hydrogen) atoms. The number of amides is 2. The van der Waals surface area contributed by atoms with Crippen molar-refractivity contribution in [2.75, 3.05) is 11.4 Å². The first-order chi connectivity index (χ1) is 8.00. The minimum Gasteiger partial charge on any atom is -0.345 e. The maximum Gasteiger partial charge on any atom is 0.247 e. The SMILES string of the molecule is Cc1ccc(N2C(=O)CNC(=O)C2C)c(C)n1. The molecule has 1 aromatic rings. The molecule has 1 unspecified atom stereocenters. The number of rotatable bonds is 1. The van der Waals surface area contributed by atoms with Gasteiger partial charge in [0, 0.05) is 5.69 Å². The number of piperazine rings is 1. The number of aromatic nitrogens is 1. The first kappa shape index (κ1) is 11.6. The monoisotopic (exact) mass is 233 g/mol. The molecule has 0 bridgehead atoms. The average molecular weight is 233 g/mol. The van der Waals surface area contributed by atoms with E-state index in [1.54, 1.807) is 6.92 Å². The van der Waals surface area contributed by atoms with Crippen LogP contribution in [0.25, 0.3) is 0 Å². The summed E-state index contributed by atoms with van der Waals surface area (Å²) in [6, 6.07) is 3.19. The van der Waals surface area contributed by atoms with E-state index in [0.717, 1.165) is 11.4 Å². The zero-order valence-corrected chi connectivity index (χ0v) is 10.2. The number of carbonyl (C=O) groups is 2. The molecule has 0 saturated carbocycles. The summed E-state index contributed by atoms with van der Waals surface area (Å²) in [7, 11) is 0. The third-order valence-corrected chi connectivity index (χ3v) is 2.91. The highest BCUT2D eigenvalue weighted by Gasteiger charge is 2.32. The van der Waals surface area contributed by atoms with Crippen molar-refractivity contribution in [2.24, 2.45) is 0 Å². The van der Waals surface area contributed by atoms with Gasteiger partial charge >= 0.3 is 0 Å². The highest BCUT2D eigenvalue weighted by molar-refractivity contribution is 6.06. The number of carbonyl (C=O) groups excluding carboxylic acids is 2. The van der Waals surface area contributed by atoms with Crippen LogP contribution < -0.4 is 10.2 Å². The van der Waals surface area contributed by atoms with Crippen LogP contribution in [0.1, 0.15) is 18.3 Å². The Morgan fingerprint density at radius 1 is 1.35 bits per heavy atom. The maximum atomic E-state index is 11.9. The first-order valence-electron chi connectivity index (χ1n) is 5.54. The molecular formula is C12H15N3O2. The van der Waals surface area contributed by atoms with Crippen molar-refractivity contribution in [2.45, 2.75) is 26.8 Å². The molecular weight excluding hydrogens is 218 g/mol. The minimum atomic E-state index is -0.487. The van der Waals surface area contributed by atoms with Gasteiger partial charge in [-0.2, -0.15) is 0 Å². The van der Waals surface area contributed by atoms with Crippen LogP contribution in [0.2, 0.25) is 0 Å². The molecule has 1 aliphatic rings. The maximum absolute atomic E-state index is 11.9. The van der Waals surface area contributed by atoms with Crippen LogP contribution in [0.4, 0.5) is 5.69 Å². The summed E-state index contributed by atoms with van der Waals surface area (Å²) in [4.78, 5) is 29.3. The van der Waals surface area contributed by atoms with Crippen LogP contribution in [0.5, 0.6) is 0 Å². The fraction of sp³-hybridized carbons (Fsp3) is 0.417. The van der Waals surface area contributed by atoms with E-state index in [2.05, 4.69) is 10.3 Å². The molecule has 0 aliphatic carbocycles. The number of nitrogens with zero attached hydrogens (tertiary/aromatic N) is 2. The molecule has 5 heteroatoms. The second kappa shape index (κ2) is 4.16. The average Bonchev–Trinajstić information content (AvgIpc) is 2.27. The largest absolute Gasteiger partial charge is 0.345 e. The lowest BCUT2D eigenvalue weighted by Crippen LogP contribution is -2.57. The molecule has 2 rings (SSSR count). The molecule has 1 aliphatic heterocycles. The van der Waals surface area contributed by atoms with Crippen LogP contribution in [0, 0.1) is 13.8 Å². The number of hydrogen-bond donors (Lipinski definition) is 1. The van der Waals surface area contributed by atoms with Gasteiger partial charge in [0.25, 0.3) is 0 Å². The molecule has 0 radical (unpaired) electrons. The molecule has 1 N–H and O–H groups in total. The predicted molar refractivity (Wildman–Crippen MR) is 63.7 cm³/mol. The van der Waals surface area contributed by atoms with Crippen LogP contribution in [0.15, 0.2) is 12.1 Å². The second-order valence-corrected chi connectivity index (χ2v) is 4.21. The van der Waals surface area contributed by atoms with Crippen molar-refractivity contribution in [1.29, 1.82) is 0 Å². The van der Waals surface area contributed by atoms with Gasteiger partial charge in [0.2, 0.25) is 11.8 Å². The van der Waals surface area contributed by atoms with Crippen molar-refractivity contribution in [3.05, 3.63) is 23.5 Å². The molecule has 2 heterocycles. The third kappa shape index (κ3) is 2.00. The van der Waals surface area contributed by atoms with Gasteiger partial charge in [-0.05, 0) is 32.9 Å². The number of pyridine rings is 1. The van der Waals surface area contributed by atoms with Gasteiger partial charge < -0.3 is 5.32 Å². The van der Waals surface area contributed by atoms with E-state index in [4.69, 9.17) is 0 Å². The van der Waals surface area contributed by atoms with E-state index in [0.29, 0.717) is 5.69 Å². The molecule has 0 aromatic carbocycles. The molecule has 1 atom stereocenters. The Bertz CT molecular complexity index is 485. The standard InChI is InChI=1S/C12H15N3O2/c1-7-4-5-10(8(2)14-7)15-9(3)12(17)13-6-11(15)16/h4-5,9H,6H2,1-3H3,(H,13,17). The van der Waals surface area contributed by atoms with Gasteiger partial charge in [-0.25, -0.2) is 0 Å². The van der Waals surface area contributed by atoms with Crippen molar-refractivity contribution in [1.82, 2.24) is 10.3 Å². The van der Waals surface area contributed by atoms with Crippen molar-refractivity contribution in [3.63, 3.8) is 0 Å². The van der Waals surface area contributed by atoms with Gasteiger partial charge in [-0.3, -0.25) is 19.5 Å². The summed E-state index contributed by atoms with van der Waals surface area (Å²) in [5.41, 5.74) is 2.37. The molecule has 2 amide bonds. The van der Waals surface area contributed by atoms with E-state index >= 15 is 0 Å². The Labute approximate surface area is 99.8 Å². The van der Waals surface area contributed by atoms with Crippen LogP contribution in [-0.2, 0) is 9.59 Å². The summed E-state index contributed by atoms with van der Waals surface area (Å²) in [6.07, 6.45) is 0. The smallest absolute Gasteiger partial charge is 0.247 e. The summed E-state index contributed by atoms with van der Waals surface area (Å²) in [6.45, 7) is 5.50. The van der Waals surface area contributed by atoms with Crippen molar-refractivity contribution in [3.8, 4) is 0 Å². The summed E-state index contributed by atoms with van der Waals surface area (Å²) in [5.74, 6) is -0.240. The van der Waals surface area contributed by atoms with Crippen LogP contribution in [-0.4, -0.2) is 29.4 Å². The van der Waals surface area contributed by atoms with E-state index in [-0.39, 0.29) is 18.4 Å². The van der Waals surface area contributed by atoms with Gasteiger partial charge in [0.15, 0.2) is 0 Å². The van der Waals surface area contributed by atoms with Gasteiger partial charge in [-0.1, -0.05) is 0 Å². The number of hydrogen-bond acceptors (Lipinski definition) is 3. The zero-order valence-electron chi connectivity index (χ0n) is 10.2. The topological polar surface area (TPSA) is 62.3 Å². The Kier molecular flexibility index (Phi) is 2.83. The van der Waals surface area contributed by atoms with Gasteiger partial charge in [0.05, 0.1) is 17.9 Å². The zero-order chi connectivity index (χ0) is 12.6. The second-order valence-electron chi connectivity index (χ2n) is 4.21. The quantitative estimate of drug-likeness (QED) is 0.770. The van der Waals surface area contributed by atoms with E-state index in [9.17, 15) is 9.59 Å². The molecule has 5 nitrogen and oxygen atoms in total. The van der Waals surface area contributed by atoms with Crippen molar-refractivity contribution < 1.29 is 9.59 Å². The first-order valence-corrected chi connectivity index (χ1v) is 5.54. The van der Waals surface area contributed by atoms with E-state index in [1.807, 2.05) is 26.0 Å². The highest BCUT2D eigenvalue weighted by Crippen LogP contribution is 2.22. The minimum absolute atomic E-state index is 0.0521. The lowest BCUT2D eigenvalue weighted by Gasteiger charge is -2.33. The van der Waals surface area contributed by atoms with E-state index in [1.165, 1.54) is 4.90 Å². The van der Waals surface area contributed by atoms with Gasteiger partial charge in [0.1, 0.15) is 6.04 Å². The van der Waals surface area contributed by atoms with Gasteiger partial charge in [-0.15, -0.1) is 0 Å². The normalized spacial score (nSPS) is 20.4. The number of nitrogens with one attached hydrogen (secondary N) is 1. The lowest BCUT2D eigenvalue weighted by molar-refractivity contribution is -0.130. The van der Waals surface area contributed by atoms with Crippen molar-refractivity contribution >= 4 is 17.5 Å². The summed E-state index contributed by atoms with van der Waals surface area (Å²) in [5, 5.41) is 2.56. The summed E-state index contributed by atoms with van der Waals surface area (Å²) >= 11 is 0. The fourth-order valence-corrected chi connectivity index (χ4v) is 2.01. The predicted octanol–water partition coefficient (Wildman–Crippen LogP) is 0.550. The molecule has 0 spiro atoms. The van der Waals surface area contributed by atoms with E-state index < -0.39 is 6.04 Å². The summed E-state index contributed by atoms with van der Waals surface area (Å²) < 4.78 is 0. The third-order valence-electron chi connectivity index (χ3n) is 2.91. The molecule has 1 saturated heterocycles. The highest BCUT2D eigenvalue weighted by atomic mass is 16.2. The Hall–Kier alpha value is -1.91.